The van der Waals surface area contributed by atoms with E-state index in [1.54, 1.807) is 12.4 Å². The van der Waals surface area contributed by atoms with E-state index in [-0.39, 0.29) is 32.7 Å². The Morgan fingerprint density at radius 2 is 1.31 bits per heavy atom. The average molecular weight is 489 g/mol. The van der Waals surface area contributed by atoms with Crippen LogP contribution in [0.4, 0.5) is 0 Å². The Bertz CT molecular complexity index is 918. The molecule has 0 aliphatic carbocycles. The normalized spacial score (nSPS) is 11.2. The number of aromatic nitrogens is 4. The molecular weight excluding hydrogens is 452 g/mol. The van der Waals surface area contributed by atoms with Crippen LogP contribution in [0.15, 0.2) is 37.4 Å². The van der Waals surface area contributed by atoms with E-state index in [0.717, 1.165) is 30.6 Å². The summed E-state index contributed by atoms with van der Waals surface area (Å²) >= 11 is 0. The highest BCUT2D eigenvalue weighted by molar-refractivity contribution is 5.81. The highest BCUT2D eigenvalue weighted by Gasteiger charge is 2.34. The van der Waals surface area contributed by atoms with Gasteiger partial charge >= 0.3 is 17.9 Å². The Balaban J connectivity index is 1.93. The Hall–Kier alpha value is -3.43. The van der Waals surface area contributed by atoms with Crippen molar-refractivity contribution in [3.05, 3.63) is 49.1 Å². The first-order valence-electron chi connectivity index (χ1n) is 12.0. The molecule has 0 aliphatic rings. The summed E-state index contributed by atoms with van der Waals surface area (Å²) in [7, 11) is 0. The molecule has 2 aromatic heterocycles. The molecule has 10 heteroatoms. The van der Waals surface area contributed by atoms with Crippen molar-refractivity contribution in [1.82, 2.24) is 19.1 Å². The molecule has 0 N–H and O–H groups in total. The lowest BCUT2D eigenvalue weighted by atomic mass is 9.88. The predicted molar refractivity (Wildman–Crippen MR) is 128 cm³/mol. The lowest BCUT2D eigenvalue weighted by molar-refractivity contribution is -0.160. The monoisotopic (exact) mass is 488 g/mol. The van der Waals surface area contributed by atoms with E-state index in [1.165, 1.54) is 0 Å². The molecule has 10 nitrogen and oxygen atoms in total. The van der Waals surface area contributed by atoms with E-state index in [9.17, 15) is 14.4 Å². The molecule has 192 valence electrons. The van der Waals surface area contributed by atoms with E-state index in [0.29, 0.717) is 19.5 Å². The Labute approximate surface area is 206 Å². The Kier molecular flexibility index (Phi) is 11.2. The SMILES string of the molecule is C=CC(=O)OCC(CC)(COC(=O)CCn1ccnc1CC)COC(=O)CCn1ccnc1CC. The second kappa shape index (κ2) is 14.1. The van der Waals surface area contributed by atoms with Crippen LogP contribution in [0.1, 0.15) is 51.7 Å². The molecule has 0 amide bonds. The third-order valence-corrected chi connectivity index (χ3v) is 5.87. The van der Waals surface area contributed by atoms with Crippen molar-refractivity contribution in [2.75, 3.05) is 19.8 Å². The number of carbonyl (C=O) groups is 3. The van der Waals surface area contributed by atoms with Gasteiger partial charge in [0.05, 0.1) is 18.3 Å². The van der Waals surface area contributed by atoms with Crippen LogP contribution in [-0.4, -0.2) is 56.8 Å². The molecule has 0 radical (unpaired) electrons. The van der Waals surface area contributed by atoms with Crippen molar-refractivity contribution >= 4 is 17.9 Å². The van der Waals surface area contributed by atoms with Crippen molar-refractivity contribution < 1.29 is 28.6 Å². The van der Waals surface area contributed by atoms with Crippen LogP contribution in [0.3, 0.4) is 0 Å². The molecule has 2 rings (SSSR count). The number of ether oxygens (including phenoxy) is 3. The van der Waals surface area contributed by atoms with E-state index < -0.39 is 23.3 Å². The molecule has 2 heterocycles. The third-order valence-electron chi connectivity index (χ3n) is 5.87. The number of aryl methyl sites for hydroxylation is 4. The summed E-state index contributed by atoms with van der Waals surface area (Å²) < 4.78 is 20.1. The minimum Gasteiger partial charge on any atom is -0.465 e. The van der Waals surface area contributed by atoms with Crippen LogP contribution in [0.25, 0.3) is 0 Å². The largest absolute Gasteiger partial charge is 0.465 e. The van der Waals surface area contributed by atoms with Gasteiger partial charge in [-0.25, -0.2) is 14.8 Å². The van der Waals surface area contributed by atoms with Crippen LogP contribution in [0.2, 0.25) is 0 Å². The van der Waals surface area contributed by atoms with Gasteiger partial charge in [0, 0.05) is 56.8 Å². The van der Waals surface area contributed by atoms with Gasteiger partial charge in [-0.1, -0.05) is 27.4 Å². The van der Waals surface area contributed by atoms with E-state index >= 15 is 0 Å². The summed E-state index contributed by atoms with van der Waals surface area (Å²) in [5.74, 6) is 0.399. The maximum absolute atomic E-state index is 12.4. The summed E-state index contributed by atoms with van der Waals surface area (Å²) in [6.45, 7) is 9.99. The fraction of sp³-hybridized carbons (Fsp3) is 0.560. The number of hydrogen-bond donors (Lipinski definition) is 0. The lowest BCUT2D eigenvalue weighted by Gasteiger charge is -2.31. The molecule has 0 saturated heterocycles. The van der Waals surface area contributed by atoms with Crippen LogP contribution in [0, 0.1) is 5.41 Å². The standard InChI is InChI=1S/C25H36N4O6/c1-5-20-26-11-15-28(20)13-9-23(31)34-18-25(8-4,17-33-22(30)7-3)19-35-24(32)10-14-29-16-12-27-21(29)6-2/h7,11-12,15-16H,3,5-6,8-10,13-14,17-19H2,1-2,4H3. The van der Waals surface area contributed by atoms with Gasteiger partial charge in [-0.05, 0) is 6.42 Å². The van der Waals surface area contributed by atoms with Gasteiger partial charge in [-0.3, -0.25) is 9.59 Å². The quantitative estimate of drug-likeness (QED) is 0.201. The van der Waals surface area contributed by atoms with Gasteiger partial charge in [0.25, 0.3) is 0 Å². The first-order valence-corrected chi connectivity index (χ1v) is 12.0. The zero-order chi connectivity index (χ0) is 25.7. The van der Waals surface area contributed by atoms with Crippen molar-refractivity contribution in [3.8, 4) is 0 Å². The van der Waals surface area contributed by atoms with Crippen LogP contribution in [0.5, 0.6) is 0 Å². The second-order valence-corrected chi connectivity index (χ2v) is 8.27. The van der Waals surface area contributed by atoms with Crippen molar-refractivity contribution in [1.29, 1.82) is 0 Å². The summed E-state index contributed by atoms with van der Waals surface area (Å²) in [6, 6.07) is 0. The van der Waals surface area contributed by atoms with Crippen LogP contribution >= 0.6 is 0 Å². The van der Waals surface area contributed by atoms with Crippen LogP contribution in [-0.2, 0) is 54.5 Å². The van der Waals surface area contributed by atoms with Crippen LogP contribution < -0.4 is 0 Å². The highest BCUT2D eigenvalue weighted by atomic mass is 16.6. The number of esters is 3. The smallest absolute Gasteiger partial charge is 0.330 e. The zero-order valence-electron chi connectivity index (χ0n) is 20.9. The van der Waals surface area contributed by atoms with Gasteiger partial charge in [0.15, 0.2) is 0 Å². The Morgan fingerprint density at radius 1 is 0.857 bits per heavy atom. The second-order valence-electron chi connectivity index (χ2n) is 8.27. The van der Waals surface area contributed by atoms with Crippen molar-refractivity contribution in [2.45, 2.75) is 66.0 Å². The van der Waals surface area contributed by atoms with Gasteiger partial charge < -0.3 is 23.3 Å². The predicted octanol–water partition coefficient (Wildman–Crippen LogP) is 2.90. The topological polar surface area (TPSA) is 115 Å². The first kappa shape index (κ1) is 27.8. The van der Waals surface area contributed by atoms with Gasteiger partial charge in [0.2, 0.25) is 0 Å². The summed E-state index contributed by atoms with van der Waals surface area (Å²) in [6.07, 6.45) is 10.4. The molecule has 0 spiro atoms. The molecule has 0 atom stereocenters. The van der Waals surface area contributed by atoms with E-state index in [1.807, 2.05) is 42.3 Å². The summed E-state index contributed by atoms with van der Waals surface area (Å²) in [5.41, 5.74) is -0.864. The number of hydrogen-bond acceptors (Lipinski definition) is 8. The van der Waals surface area contributed by atoms with E-state index in [4.69, 9.17) is 14.2 Å². The number of rotatable bonds is 16. The minimum atomic E-state index is -0.864. The fourth-order valence-corrected chi connectivity index (χ4v) is 3.47. The molecule has 35 heavy (non-hydrogen) atoms. The van der Waals surface area contributed by atoms with Crippen molar-refractivity contribution in [2.24, 2.45) is 5.41 Å². The number of nitrogens with zero attached hydrogens (tertiary/aromatic N) is 4. The molecule has 2 aromatic rings. The highest BCUT2D eigenvalue weighted by Crippen LogP contribution is 2.25. The maximum Gasteiger partial charge on any atom is 0.330 e. The molecule has 0 fully saturated rings. The summed E-state index contributed by atoms with van der Waals surface area (Å²) in [5, 5.41) is 0. The minimum absolute atomic E-state index is 0.0495. The molecule has 0 aliphatic heterocycles. The fourth-order valence-electron chi connectivity index (χ4n) is 3.47. The number of carbonyl (C=O) groups excluding carboxylic acids is 3. The van der Waals surface area contributed by atoms with Gasteiger partial charge in [-0.15, -0.1) is 0 Å². The maximum atomic E-state index is 12.4. The van der Waals surface area contributed by atoms with Gasteiger partial charge in [0.1, 0.15) is 31.5 Å². The molecule has 0 unspecified atom stereocenters. The zero-order valence-corrected chi connectivity index (χ0v) is 20.9. The molecule has 0 bridgehead atoms. The molecule has 0 aromatic carbocycles. The number of imidazole rings is 2. The van der Waals surface area contributed by atoms with E-state index in [2.05, 4.69) is 16.5 Å². The third kappa shape index (κ3) is 8.70. The lowest BCUT2D eigenvalue weighted by Crippen LogP contribution is -2.39. The summed E-state index contributed by atoms with van der Waals surface area (Å²) in [4.78, 5) is 45.0. The molecule has 0 saturated carbocycles. The van der Waals surface area contributed by atoms with Crippen molar-refractivity contribution in [3.63, 3.8) is 0 Å². The van der Waals surface area contributed by atoms with Gasteiger partial charge in [-0.2, -0.15) is 0 Å². The molecular formula is C25H36N4O6. The average Bonchev–Trinajstić information content (AvgIpc) is 3.54. The first-order chi connectivity index (χ1) is 16.9. The Morgan fingerprint density at radius 3 is 1.71 bits per heavy atom.